The molecular weight excluding hydrogens is 735 g/mol. The largest absolute Gasteiger partial charge is 0.290 e. The molecule has 3 nitrogen and oxygen atoms in total. The number of benzene rings is 7. The zero-order chi connectivity index (χ0) is 38.1. The topological polar surface area (TPSA) is 43.4 Å². The highest BCUT2D eigenvalue weighted by atomic mass is 31.2. The second-order valence-electron chi connectivity index (χ2n) is 16.2. The molecule has 4 saturated heterocycles. The summed E-state index contributed by atoms with van der Waals surface area (Å²) in [5, 5.41) is -5.40. The Morgan fingerprint density at radius 2 is 0.789 bits per heavy atom. The second-order valence-corrected chi connectivity index (χ2v) is 21.8. The first-order valence-corrected chi connectivity index (χ1v) is 23.0. The highest BCUT2D eigenvalue weighted by Crippen LogP contribution is 3.18. The van der Waals surface area contributed by atoms with Crippen molar-refractivity contribution >= 4 is 25.9 Å². The summed E-state index contributed by atoms with van der Waals surface area (Å²) in [6.07, 6.45) is 4.62. The van der Waals surface area contributed by atoms with Gasteiger partial charge < -0.3 is 0 Å². The maximum atomic E-state index is 18.3. The van der Waals surface area contributed by atoms with Crippen LogP contribution in [0.3, 0.4) is 0 Å². The smallest absolute Gasteiger partial charge is 0.237 e. The molecule has 6 aliphatic heterocycles. The van der Waals surface area contributed by atoms with E-state index in [0.29, 0.717) is 0 Å². The molecule has 0 N–H and O–H groups in total. The highest BCUT2D eigenvalue weighted by Gasteiger charge is 3.07. The van der Waals surface area contributed by atoms with Gasteiger partial charge in [-0.25, -0.2) is 0 Å². The lowest BCUT2D eigenvalue weighted by atomic mass is 9.39. The first-order valence-electron chi connectivity index (χ1n) is 19.8. The van der Waals surface area contributed by atoms with Crippen molar-refractivity contribution in [1.82, 2.24) is 0 Å². The lowest BCUT2D eigenvalue weighted by molar-refractivity contribution is 0.111. The van der Waals surface area contributed by atoms with Gasteiger partial charge in [-0.05, 0) is 50.1 Å². The molecule has 5 heteroatoms. The van der Waals surface area contributed by atoms with E-state index in [0.717, 1.165) is 50.1 Å². The summed E-state index contributed by atoms with van der Waals surface area (Å²) in [6.45, 7) is 0. The molecule has 0 aromatic heterocycles. The Hall–Kier alpha value is -5.56. The van der Waals surface area contributed by atoms with Crippen LogP contribution in [0.5, 0.6) is 0 Å². The van der Waals surface area contributed by atoms with Crippen molar-refractivity contribution in [3.05, 3.63) is 263 Å². The van der Waals surface area contributed by atoms with Crippen LogP contribution in [-0.4, -0.2) is 0 Å². The van der Waals surface area contributed by atoms with Gasteiger partial charge in [0, 0.05) is 11.3 Å². The number of allylic oxidation sites excluding steroid dienone is 4. The normalized spacial score (nSPS) is 34.9. The number of rotatable bonds is 7. The van der Waals surface area contributed by atoms with E-state index in [1.54, 1.807) is 0 Å². The molecule has 6 heterocycles. The number of hydrogen-bond acceptors (Lipinski definition) is 3. The fourth-order valence-corrected chi connectivity index (χ4v) is 25.8. The van der Waals surface area contributed by atoms with E-state index in [1.165, 1.54) is 0 Å². The average Bonchev–Trinajstić information content (AvgIpc) is 3.61. The standard InChI is InChI=1S/C52H38O3P2/c53-56-49(41-28-14-4-15-29-41)36-45(38-22-8-1-9-23-38)47-50(42-30-16-5-17-31-42)46(39-24-10-2-11-25-39)37-48(40-26-12-3-13-27-40,51(47,56)43-32-18-6-19-33-43)57(54,55-56)52(49,50)44-34-20-7-21-35-44/h1-37,47H/t47-,48-,49+,50-,51+,52-,56?,57?/m1/s1. The quantitative estimate of drug-likeness (QED) is 0.152. The zero-order valence-electron chi connectivity index (χ0n) is 31.1. The van der Waals surface area contributed by atoms with Gasteiger partial charge in [0.25, 0.3) is 0 Å². The van der Waals surface area contributed by atoms with E-state index >= 15 is 9.13 Å². The van der Waals surface area contributed by atoms with Crippen molar-refractivity contribution in [3.63, 3.8) is 0 Å². The summed E-state index contributed by atoms with van der Waals surface area (Å²) in [4.78, 5) is 0. The lowest BCUT2D eigenvalue weighted by Crippen LogP contribution is -2.81. The Bertz CT molecular complexity index is 2890. The maximum Gasteiger partial charge on any atom is 0.237 e. The first-order chi connectivity index (χ1) is 28.0. The Morgan fingerprint density at radius 1 is 0.386 bits per heavy atom. The molecule has 2 unspecified atom stereocenters. The third kappa shape index (κ3) is 3.30. The van der Waals surface area contributed by atoms with Crippen LogP contribution in [-0.2, 0) is 39.5 Å². The van der Waals surface area contributed by atoms with Crippen molar-refractivity contribution in [2.45, 2.75) is 26.0 Å². The molecule has 8 bridgehead atoms. The summed E-state index contributed by atoms with van der Waals surface area (Å²) in [5.74, 6) is -0.501. The minimum atomic E-state index is -4.26. The van der Waals surface area contributed by atoms with Crippen molar-refractivity contribution in [2.24, 2.45) is 5.92 Å². The Morgan fingerprint density at radius 3 is 1.30 bits per heavy atom. The van der Waals surface area contributed by atoms with Crippen molar-refractivity contribution in [1.29, 1.82) is 0 Å². The zero-order valence-corrected chi connectivity index (χ0v) is 32.8. The molecule has 8 atom stereocenters. The van der Waals surface area contributed by atoms with Crippen LogP contribution >= 0.6 is 14.7 Å². The monoisotopic (exact) mass is 772 g/mol. The third-order valence-corrected chi connectivity index (χ3v) is 23.5. The van der Waals surface area contributed by atoms with Gasteiger partial charge >= 0.3 is 0 Å². The highest BCUT2D eigenvalue weighted by molar-refractivity contribution is 7.83. The molecule has 7 aromatic rings. The van der Waals surface area contributed by atoms with Crippen LogP contribution in [0, 0.1) is 5.92 Å². The molecule has 15 rings (SSSR count). The van der Waals surface area contributed by atoms with Gasteiger partial charge in [0.05, 0.1) is 0 Å². The lowest BCUT2D eigenvalue weighted by Gasteiger charge is -2.81. The predicted octanol–water partition coefficient (Wildman–Crippen LogP) is 12.9. The van der Waals surface area contributed by atoms with Crippen molar-refractivity contribution < 1.29 is 13.4 Å². The average molecular weight is 773 g/mol. The van der Waals surface area contributed by atoms with Crippen LogP contribution in [0.1, 0.15) is 38.9 Å². The molecule has 274 valence electrons. The van der Waals surface area contributed by atoms with E-state index in [2.05, 4.69) is 176 Å². The Labute approximate surface area is 333 Å². The fourth-order valence-electron chi connectivity index (χ4n) is 13.0. The molecule has 57 heavy (non-hydrogen) atoms. The fraction of sp³-hybridized carbons (Fsp3) is 0.115. The van der Waals surface area contributed by atoms with Crippen LogP contribution < -0.4 is 0 Å². The summed E-state index contributed by atoms with van der Waals surface area (Å²) in [6, 6.07) is 73.5. The molecular formula is C52H38O3P2. The Balaban J connectivity index is 1.47. The van der Waals surface area contributed by atoms with Crippen LogP contribution in [0.2, 0.25) is 0 Å². The van der Waals surface area contributed by atoms with E-state index in [1.807, 2.05) is 48.5 Å². The molecule has 0 spiro atoms. The summed E-state index contributed by atoms with van der Waals surface area (Å²) in [5.41, 5.74) is 7.77. The number of hydrogen-bond donors (Lipinski definition) is 0. The molecule has 2 aliphatic carbocycles. The molecule has 7 aromatic carbocycles. The minimum Gasteiger partial charge on any atom is -0.290 e. The Kier molecular flexibility index (Phi) is 6.66. The predicted molar refractivity (Wildman–Crippen MR) is 229 cm³/mol. The maximum absolute atomic E-state index is 18.3. The van der Waals surface area contributed by atoms with Crippen LogP contribution in [0.4, 0.5) is 0 Å². The van der Waals surface area contributed by atoms with E-state index in [-0.39, 0.29) is 0 Å². The van der Waals surface area contributed by atoms with E-state index in [9.17, 15) is 0 Å². The molecule has 0 saturated carbocycles. The van der Waals surface area contributed by atoms with Gasteiger partial charge in [0.2, 0.25) is 14.7 Å². The molecule has 0 radical (unpaired) electrons. The SMILES string of the molecule is O=P12OP3(=O)[C@@]4(c5ccccc5)[C@]5(c6ccccc6)C(c6ccccc6)=C[C@@]3(c3ccccc3)[C@]1(c1ccccc1)[C@@H]5C(c1ccccc1)=C[C@]42c1ccccc1. The summed E-state index contributed by atoms with van der Waals surface area (Å²) < 4.78 is 44.1. The van der Waals surface area contributed by atoms with E-state index in [4.69, 9.17) is 4.31 Å². The summed E-state index contributed by atoms with van der Waals surface area (Å²) >= 11 is 0. The van der Waals surface area contributed by atoms with Gasteiger partial charge in [0.15, 0.2) is 0 Å². The molecule has 8 aliphatic rings. The van der Waals surface area contributed by atoms with Crippen LogP contribution in [0.15, 0.2) is 224 Å². The van der Waals surface area contributed by atoms with Crippen LogP contribution in [0.25, 0.3) is 11.1 Å². The van der Waals surface area contributed by atoms with E-state index < -0.39 is 46.7 Å². The minimum absolute atomic E-state index is 0.501. The van der Waals surface area contributed by atoms with Gasteiger partial charge in [-0.2, -0.15) is 0 Å². The second kappa shape index (κ2) is 11.3. The first kappa shape index (κ1) is 33.6. The molecule has 4 fully saturated rings. The van der Waals surface area contributed by atoms with Gasteiger partial charge in [-0.15, -0.1) is 0 Å². The van der Waals surface area contributed by atoms with Gasteiger partial charge in [-0.1, -0.05) is 224 Å². The third-order valence-electron chi connectivity index (χ3n) is 14.3. The van der Waals surface area contributed by atoms with Crippen molar-refractivity contribution in [2.75, 3.05) is 0 Å². The van der Waals surface area contributed by atoms with Gasteiger partial charge in [0.1, 0.15) is 20.6 Å². The van der Waals surface area contributed by atoms with Crippen molar-refractivity contribution in [3.8, 4) is 0 Å². The summed E-state index contributed by atoms with van der Waals surface area (Å²) in [7, 11) is -8.46. The molecule has 0 amide bonds. The van der Waals surface area contributed by atoms with Gasteiger partial charge in [-0.3, -0.25) is 13.4 Å².